The van der Waals surface area contributed by atoms with Crippen molar-refractivity contribution in [3.63, 3.8) is 0 Å². The first kappa shape index (κ1) is 30.5. The number of halogens is 5. The molecule has 230 valence electrons. The molecule has 3 aromatic carbocycles. The molecule has 0 amide bonds. The number of esters is 1. The van der Waals surface area contributed by atoms with Gasteiger partial charge in [-0.25, -0.2) is 14.2 Å². The Labute approximate surface area is 262 Å². The molecule has 0 spiro atoms. The van der Waals surface area contributed by atoms with Crippen LogP contribution >= 0.6 is 22.9 Å². The maximum atomic E-state index is 14.4. The maximum Gasteiger partial charge on any atom is 0.434 e. The van der Waals surface area contributed by atoms with E-state index in [1.807, 2.05) is 35.8 Å². The van der Waals surface area contributed by atoms with Crippen LogP contribution in [-0.2, 0) is 16.1 Å². The second-order valence-electron chi connectivity index (χ2n) is 10.3. The Morgan fingerprint density at radius 2 is 1.76 bits per heavy atom. The number of hydrogen-bond donors (Lipinski definition) is 0. The van der Waals surface area contributed by atoms with Crippen LogP contribution in [0.5, 0.6) is 0 Å². The molecule has 1 atom stereocenters. The van der Waals surface area contributed by atoms with Crippen LogP contribution in [-0.4, -0.2) is 27.9 Å². The first-order valence-corrected chi connectivity index (χ1v) is 15.1. The molecule has 0 saturated carbocycles. The van der Waals surface area contributed by atoms with Crippen LogP contribution in [0.15, 0.2) is 93.9 Å². The number of aromatic nitrogens is 2. The Morgan fingerprint density at radius 1 is 1.07 bits per heavy atom. The third kappa shape index (κ3) is 5.62. The number of fused-ring (bicyclic) bond motifs is 2. The number of hydrogen-bond acceptors (Lipinski definition) is 5. The van der Waals surface area contributed by atoms with Crippen LogP contribution in [0.25, 0.3) is 17.0 Å². The highest BCUT2D eigenvalue weighted by atomic mass is 35.5. The molecule has 45 heavy (non-hydrogen) atoms. The first-order chi connectivity index (χ1) is 21.5. The molecule has 12 heteroatoms. The average Bonchev–Trinajstić information content (AvgIpc) is 3.46. The Bertz CT molecular complexity index is 2160. The van der Waals surface area contributed by atoms with E-state index in [0.717, 1.165) is 38.1 Å². The number of benzene rings is 3. The fraction of sp³-hybridized carbons (Fsp3) is 0.182. The fourth-order valence-corrected chi connectivity index (χ4v) is 6.66. The number of alkyl halides is 3. The predicted octanol–water partition coefficient (Wildman–Crippen LogP) is 6.44. The predicted molar refractivity (Wildman–Crippen MR) is 164 cm³/mol. The van der Waals surface area contributed by atoms with Gasteiger partial charge in [0, 0.05) is 33.7 Å². The zero-order chi connectivity index (χ0) is 32.0. The molecule has 6 rings (SSSR count). The van der Waals surface area contributed by atoms with Crippen molar-refractivity contribution in [2.45, 2.75) is 32.6 Å². The van der Waals surface area contributed by atoms with Crippen molar-refractivity contribution < 1.29 is 27.1 Å². The number of allylic oxidation sites excluding steroid dienone is 1. The normalized spacial score (nSPS) is 15.4. The van der Waals surface area contributed by atoms with Crippen LogP contribution < -0.4 is 14.9 Å². The molecule has 0 N–H and O–H groups in total. The molecule has 0 bridgehead atoms. The maximum absolute atomic E-state index is 14.4. The average molecular weight is 654 g/mol. The summed E-state index contributed by atoms with van der Waals surface area (Å²) in [6, 6.07) is 18.1. The van der Waals surface area contributed by atoms with Crippen molar-refractivity contribution in [3.05, 3.63) is 137 Å². The summed E-state index contributed by atoms with van der Waals surface area (Å²) in [6.45, 7) is 3.61. The topological polar surface area (TPSA) is 65.6 Å². The smallest absolute Gasteiger partial charge is 0.434 e. The van der Waals surface area contributed by atoms with Gasteiger partial charge in [0.1, 0.15) is 5.82 Å². The monoisotopic (exact) mass is 653 g/mol. The highest BCUT2D eigenvalue weighted by Gasteiger charge is 2.45. The molecule has 3 heterocycles. The van der Waals surface area contributed by atoms with Crippen LogP contribution in [0.2, 0.25) is 5.02 Å². The van der Waals surface area contributed by atoms with Gasteiger partial charge >= 0.3 is 12.1 Å². The molecule has 0 unspecified atom stereocenters. The minimum Gasteiger partial charge on any atom is -0.463 e. The van der Waals surface area contributed by atoms with Crippen LogP contribution in [0, 0.1) is 12.7 Å². The van der Waals surface area contributed by atoms with Gasteiger partial charge in [0.05, 0.1) is 22.8 Å². The lowest BCUT2D eigenvalue weighted by Crippen LogP contribution is -2.41. The van der Waals surface area contributed by atoms with Gasteiger partial charge in [0.25, 0.3) is 5.56 Å². The van der Waals surface area contributed by atoms with Gasteiger partial charge in [-0.1, -0.05) is 65.4 Å². The molecule has 6 nitrogen and oxygen atoms in total. The zero-order valence-corrected chi connectivity index (χ0v) is 25.4. The highest BCUT2D eigenvalue weighted by molar-refractivity contribution is 7.07. The van der Waals surface area contributed by atoms with Crippen LogP contribution in [0.3, 0.4) is 0 Å². The van der Waals surface area contributed by atoms with E-state index in [4.69, 9.17) is 16.3 Å². The molecule has 0 radical (unpaired) electrons. The number of ether oxygens (including phenoxy) is 1. The fourth-order valence-electron chi connectivity index (χ4n) is 5.55. The van der Waals surface area contributed by atoms with Gasteiger partial charge in [0.2, 0.25) is 0 Å². The molecular weight excluding hydrogens is 630 g/mol. The van der Waals surface area contributed by atoms with E-state index in [0.29, 0.717) is 17.1 Å². The lowest BCUT2D eigenvalue weighted by molar-refractivity contribution is -0.140. The van der Waals surface area contributed by atoms with E-state index >= 15 is 0 Å². The molecule has 0 aliphatic carbocycles. The second kappa shape index (κ2) is 11.8. The number of para-hydroxylation sites is 1. The lowest BCUT2D eigenvalue weighted by Gasteiger charge is -2.26. The standard InChI is InChI=1S/C33H24ClF4N3O3S/c1-3-44-31(43)27-28(20-10-12-21(34)13-11-20)41-30(42)26(45-32(41)39-29(27)33(36,37)38)16-24-18(2)40(25-7-5-4-6-23(24)25)17-19-8-14-22(35)15-9-19/h4-16,28H,3,17H2,1-2H3/b26-16-/t28-/m1/s1. The number of rotatable bonds is 6. The van der Waals surface area contributed by atoms with Gasteiger partial charge in [-0.15, -0.1) is 0 Å². The number of thiazole rings is 1. The summed E-state index contributed by atoms with van der Waals surface area (Å²) in [6.07, 6.45) is -3.37. The summed E-state index contributed by atoms with van der Waals surface area (Å²) in [4.78, 5) is 30.8. The summed E-state index contributed by atoms with van der Waals surface area (Å²) in [7, 11) is 0. The molecule has 5 aromatic rings. The minimum absolute atomic E-state index is 0.132. The SMILES string of the molecule is CCOC(=O)C1=C(C(F)(F)F)N=c2s/c(=C\c3c(C)n(Cc4ccc(F)cc4)c4ccccc34)c(=O)n2[C@@H]1c1ccc(Cl)cc1. The van der Waals surface area contributed by atoms with Crippen molar-refractivity contribution in [2.75, 3.05) is 6.61 Å². The molecule has 2 aromatic heterocycles. The van der Waals surface area contributed by atoms with Gasteiger partial charge < -0.3 is 9.30 Å². The summed E-state index contributed by atoms with van der Waals surface area (Å²) in [5, 5.41) is 1.15. The summed E-state index contributed by atoms with van der Waals surface area (Å²) < 4.78 is 65.1. The Balaban J connectivity index is 1.59. The van der Waals surface area contributed by atoms with Crippen LogP contribution in [0.4, 0.5) is 17.6 Å². The van der Waals surface area contributed by atoms with Crippen LogP contribution in [0.1, 0.15) is 35.3 Å². The largest absolute Gasteiger partial charge is 0.463 e. The van der Waals surface area contributed by atoms with E-state index in [1.54, 1.807) is 18.2 Å². The molecule has 0 fully saturated rings. The minimum atomic E-state index is -5.01. The number of nitrogens with zero attached hydrogens (tertiary/aromatic N) is 3. The van der Waals surface area contributed by atoms with E-state index in [9.17, 15) is 27.2 Å². The Morgan fingerprint density at radius 3 is 2.42 bits per heavy atom. The van der Waals surface area contributed by atoms with Crippen molar-refractivity contribution in [1.29, 1.82) is 0 Å². The second-order valence-corrected chi connectivity index (χ2v) is 11.8. The van der Waals surface area contributed by atoms with Crippen molar-refractivity contribution in [2.24, 2.45) is 4.99 Å². The summed E-state index contributed by atoms with van der Waals surface area (Å²) >= 11 is 6.86. The van der Waals surface area contributed by atoms with E-state index < -0.39 is 35.0 Å². The summed E-state index contributed by atoms with van der Waals surface area (Å²) in [5.74, 6) is -1.57. The third-order valence-electron chi connectivity index (χ3n) is 7.59. The molecular formula is C33H24ClF4N3O3S. The van der Waals surface area contributed by atoms with E-state index in [-0.39, 0.29) is 27.3 Å². The van der Waals surface area contributed by atoms with E-state index in [1.165, 1.54) is 43.3 Å². The third-order valence-corrected chi connectivity index (χ3v) is 8.82. The van der Waals surface area contributed by atoms with Crippen molar-refractivity contribution >= 4 is 45.9 Å². The summed E-state index contributed by atoms with van der Waals surface area (Å²) in [5.41, 5.74) is 0.640. The van der Waals surface area contributed by atoms with Crippen molar-refractivity contribution in [1.82, 2.24) is 9.13 Å². The van der Waals surface area contributed by atoms with Gasteiger partial charge in [0.15, 0.2) is 10.5 Å². The van der Waals surface area contributed by atoms with Gasteiger partial charge in [-0.05, 0) is 61.4 Å². The molecule has 1 aliphatic rings. The van der Waals surface area contributed by atoms with E-state index in [2.05, 4.69) is 4.99 Å². The Kier molecular flexibility index (Phi) is 8.00. The number of carbonyl (C=O) groups excluding carboxylic acids is 1. The zero-order valence-electron chi connectivity index (χ0n) is 23.9. The van der Waals surface area contributed by atoms with Gasteiger partial charge in [-0.2, -0.15) is 13.2 Å². The number of carbonyl (C=O) groups is 1. The van der Waals surface area contributed by atoms with Gasteiger partial charge in [-0.3, -0.25) is 9.36 Å². The lowest BCUT2D eigenvalue weighted by atomic mass is 9.95. The quantitative estimate of drug-likeness (QED) is 0.156. The Hall–Kier alpha value is -4.48. The highest BCUT2D eigenvalue weighted by Crippen LogP contribution is 2.38. The first-order valence-electron chi connectivity index (χ1n) is 13.9. The molecule has 0 saturated heterocycles. The van der Waals surface area contributed by atoms with Crippen molar-refractivity contribution in [3.8, 4) is 0 Å². The molecule has 1 aliphatic heterocycles.